The zero-order chi connectivity index (χ0) is 23.0. The molecule has 1 amide bonds. The van der Waals surface area contributed by atoms with Gasteiger partial charge in [-0.1, -0.05) is 12.1 Å². The van der Waals surface area contributed by atoms with E-state index in [1.807, 2.05) is 49.8 Å². The molecule has 0 saturated heterocycles. The van der Waals surface area contributed by atoms with Crippen molar-refractivity contribution >= 4 is 36.0 Å². The lowest BCUT2D eigenvalue weighted by atomic mass is 9.91. The number of nitrogens with one attached hydrogen (secondary N) is 3. The van der Waals surface area contributed by atoms with E-state index < -0.39 is 5.60 Å². The molecular weight excluding hydrogens is 531 g/mol. The lowest BCUT2D eigenvalue weighted by Gasteiger charge is -2.31. The first-order valence-electron chi connectivity index (χ1n) is 11.5. The fourth-order valence-electron chi connectivity index (χ4n) is 3.76. The van der Waals surface area contributed by atoms with Crippen LogP contribution in [0.15, 0.2) is 47.7 Å². The third kappa shape index (κ3) is 9.23. The van der Waals surface area contributed by atoms with Gasteiger partial charge in [-0.25, -0.2) is 14.5 Å². The van der Waals surface area contributed by atoms with E-state index in [9.17, 15) is 4.79 Å². The molecule has 1 aromatic heterocycles. The van der Waals surface area contributed by atoms with Crippen LogP contribution in [-0.4, -0.2) is 46.1 Å². The number of benzene rings is 1. The van der Waals surface area contributed by atoms with Crippen LogP contribution < -0.4 is 16.0 Å². The number of halogens is 1. The number of carbonyl (C=O) groups is 1. The summed E-state index contributed by atoms with van der Waals surface area (Å²) in [6, 6.07) is 10.7. The molecule has 9 heteroatoms. The van der Waals surface area contributed by atoms with E-state index in [-0.39, 0.29) is 36.1 Å². The lowest BCUT2D eigenvalue weighted by Crippen LogP contribution is -2.48. The molecule has 2 aromatic rings. The van der Waals surface area contributed by atoms with E-state index in [0.29, 0.717) is 12.6 Å². The van der Waals surface area contributed by atoms with E-state index in [1.165, 1.54) is 0 Å². The summed E-state index contributed by atoms with van der Waals surface area (Å²) in [4.78, 5) is 16.8. The van der Waals surface area contributed by atoms with Crippen molar-refractivity contribution in [3.63, 3.8) is 0 Å². The number of amides is 1. The quantitative estimate of drug-likeness (QED) is 0.273. The highest BCUT2D eigenvalue weighted by molar-refractivity contribution is 14.0. The summed E-state index contributed by atoms with van der Waals surface area (Å²) >= 11 is 0. The molecular formula is C24H37IN6O2. The average molecular weight is 569 g/mol. The number of carbonyl (C=O) groups excluding carboxylic acids is 1. The maximum absolute atomic E-state index is 12.0. The van der Waals surface area contributed by atoms with Gasteiger partial charge in [0.2, 0.25) is 0 Å². The van der Waals surface area contributed by atoms with Gasteiger partial charge in [-0.05, 0) is 77.1 Å². The second kappa shape index (κ2) is 12.8. The van der Waals surface area contributed by atoms with E-state index in [1.54, 1.807) is 6.20 Å². The number of aliphatic imine (C=N–C) groups is 1. The van der Waals surface area contributed by atoms with Crippen LogP contribution in [0.2, 0.25) is 0 Å². The SMILES string of the molecule is CCNC(=NCc1cccc(-n2cccn2)c1)NC1CCC(NC(=O)OC(C)(C)C)CC1.I. The van der Waals surface area contributed by atoms with Crippen LogP contribution in [0.5, 0.6) is 0 Å². The van der Waals surface area contributed by atoms with Gasteiger partial charge < -0.3 is 20.7 Å². The normalized spacial score (nSPS) is 18.7. The molecule has 1 aliphatic carbocycles. The second-order valence-corrected chi connectivity index (χ2v) is 9.15. The van der Waals surface area contributed by atoms with Crippen molar-refractivity contribution in [2.24, 2.45) is 4.99 Å². The Labute approximate surface area is 214 Å². The minimum absolute atomic E-state index is 0. The average Bonchev–Trinajstić information content (AvgIpc) is 3.27. The molecule has 8 nitrogen and oxygen atoms in total. The summed E-state index contributed by atoms with van der Waals surface area (Å²) < 4.78 is 7.22. The number of rotatable bonds is 6. The molecule has 1 fully saturated rings. The number of hydrogen-bond donors (Lipinski definition) is 3. The maximum Gasteiger partial charge on any atom is 0.407 e. The lowest BCUT2D eigenvalue weighted by molar-refractivity contribution is 0.0490. The van der Waals surface area contributed by atoms with Gasteiger partial charge in [-0.15, -0.1) is 24.0 Å². The molecule has 1 aliphatic rings. The Kier molecular flexibility index (Phi) is 10.5. The Bertz CT molecular complexity index is 887. The van der Waals surface area contributed by atoms with Gasteiger partial charge in [-0.2, -0.15) is 5.10 Å². The Hall–Kier alpha value is -2.30. The minimum Gasteiger partial charge on any atom is -0.444 e. The number of aromatic nitrogens is 2. The largest absolute Gasteiger partial charge is 0.444 e. The number of nitrogens with zero attached hydrogens (tertiary/aromatic N) is 3. The molecule has 0 unspecified atom stereocenters. The Balaban J connectivity index is 0.00000385. The molecule has 3 N–H and O–H groups in total. The van der Waals surface area contributed by atoms with Gasteiger partial charge in [0.1, 0.15) is 5.60 Å². The first kappa shape index (κ1) is 26.9. The second-order valence-electron chi connectivity index (χ2n) is 9.15. The van der Waals surface area contributed by atoms with Gasteiger partial charge in [0.05, 0.1) is 12.2 Å². The highest BCUT2D eigenvalue weighted by Gasteiger charge is 2.25. The van der Waals surface area contributed by atoms with Gasteiger partial charge >= 0.3 is 6.09 Å². The van der Waals surface area contributed by atoms with Crippen molar-refractivity contribution in [1.29, 1.82) is 0 Å². The van der Waals surface area contributed by atoms with Gasteiger partial charge in [0.25, 0.3) is 0 Å². The van der Waals surface area contributed by atoms with Crippen molar-refractivity contribution in [1.82, 2.24) is 25.7 Å². The fraction of sp³-hybridized carbons (Fsp3) is 0.542. The van der Waals surface area contributed by atoms with Crippen molar-refractivity contribution in [2.45, 2.75) is 77.6 Å². The number of ether oxygens (including phenoxy) is 1. The van der Waals surface area contributed by atoms with Gasteiger partial charge in [0.15, 0.2) is 5.96 Å². The molecule has 0 bridgehead atoms. The molecule has 33 heavy (non-hydrogen) atoms. The minimum atomic E-state index is -0.474. The van der Waals surface area contributed by atoms with Crippen LogP contribution in [0.1, 0.15) is 58.9 Å². The van der Waals surface area contributed by atoms with Crippen LogP contribution in [0, 0.1) is 0 Å². The van der Waals surface area contributed by atoms with Crippen LogP contribution in [0.4, 0.5) is 4.79 Å². The summed E-state index contributed by atoms with van der Waals surface area (Å²) in [5.41, 5.74) is 1.68. The molecule has 1 aromatic carbocycles. The van der Waals surface area contributed by atoms with Gasteiger partial charge in [0, 0.05) is 31.0 Å². The van der Waals surface area contributed by atoms with Crippen LogP contribution >= 0.6 is 24.0 Å². The summed E-state index contributed by atoms with van der Waals surface area (Å²) in [5, 5.41) is 14.2. The van der Waals surface area contributed by atoms with Crippen LogP contribution in [0.3, 0.4) is 0 Å². The van der Waals surface area contributed by atoms with E-state index in [0.717, 1.165) is 49.4 Å². The first-order chi connectivity index (χ1) is 15.3. The van der Waals surface area contributed by atoms with Crippen molar-refractivity contribution in [3.8, 4) is 5.69 Å². The summed E-state index contributed by atoms with van der Waals surface area (Å²) in [6.45, 7) is 9.08. The monoisotopic (exact) mass is 568 g/mol. The van der Waals surface area contributed by atoms with E-state index in [2.05, 4.69) is 40.1 Å². The highest BCUT2D eigenvalue weighted by Crippen LogP contribution is 2.19. The fourth-order valence-corrected chi connectivity index (χ4v) is 3.76. The number of hydrogen-bond acceptors (Lipinski definition) is 4. The summed E-state index contributed by atoms with van der Waals surface area (Å²) in [5.74, 6) is 0.820. The molecule has 182 valence electrons. The topological polar surface area (TPSA) is 92.6 Å². The predicted molar refractivity (Wildman–Crippen MR) is 142 cm³/mol. The summed E-state index contributed by atoms with van der Waals surface area (Å²) in [6.07, 6.45) is 7.16. The first-order valence-corrected chi connectivity index (χ1v) is 11.5. The maximum atomic E-state index is 12.0. The molecule has 0 radical (unpaired) electrons. The number of guanidine groups is 1. The van der Waals surface area contributed by atoms with Gasteiger partial charge in [-0.3, -0.25) is 0 Å². The van der Waals surface area contributed by atoms with E-state index >= 15 is 0 Å². The van der Waals surface area contributed by atoms with Crippen LogP contribution in [-0.2, 0) is 11.3 Å². The molecule has 1 saturated carbocycles. The predicted octanol–water partition coefficient (Wildman–Crippen LogP) is 4.38. The number of alkyl carbamates (subject to hydrolysis) is 1. The Morgan fingerprint density at radius 3 is 2.45 bits per heavy atom. The molecule has 1 heterocycles. The smallest absolute Gasteiger partial charge is 0.407 e. The molecule has 0 spiro atoms. The zero-order valence-electron chi connectivity index (χ0n) is 20.0. The van der Waals surface area contributed by atoms with Crippen molar-refractivity contribution in [3.05, 3.63) is 48.3 Å². The molecule has 0 atom stereocenters. The Morgan fingerprint density at radius 2 is 1.85 bits per heavy atom. The summed E-state index contributed by atoms with van der Waals surface area (Å²) in [7, 11) is 0. The third-order valence-corrected chi connectivity index (χ3v) is 5.23. The molecule has 0 aliphatic heterocycles. The third-order valence-electron chi connectivity index (χ3n) is 5.23. The van der Waals surface area contributed by atoms with Crippen LogP contribution in [0.25, 0.3) is 5.69 Å². The van der Waals surface area contributed by atoms with Crippen molar-refractivity contribution in [2.75, 3.05) is 6.54 Å². The van der Waals surface area contributed by atoms with Crippen molar-refractivity contribution < 1.29 is 9.53 Å². The zero-order valence-corrected chi connectivity index (χ0v) is 22.3. The highest BCUT2D eigenvalue weighted by atomic mass is 127. The standard InChI is InChI=1S/C24H36N6O2.HI/c1-5-25-22(26-17-18-8-6-9-21(16-18)30-15-7-14-27-30)28-19-10-12-20(13-11-19)29-23(31)32-24(2,3)4;/h6-9,14-16,19-20H,5,10-13,17H2,1-4H3,(H,29,31)(H2,25,26,28);1H. The Morgan fingerprint density at radius 1 is 1.15 bits per heavy atom. The molecule has 3 rings (SSSR count). The van der Waals surface area contributed by atoms with E-state index in [4.69, 9.17) is 9.73 Å².